The second-order valence-corrected chi connectivity index (χ2v) is 5.36. The Balaban J connectivity index is 2.01. The molecular weight excluding hydrogens is 256 g/mol. The summed E-state index contributed by atoms with van der Waals surface area (Å²) >= 11 is 1.66. The van der Waals surface area contributed by atoms with Gasteiger partial charge in [0.05, 0.1) is 15.7 Å². The number of hydrogen-bond acceptors (Lipinski definition) is 4. The minimum Gasteiger partial charge on any atom is -0.324 e. The van der Waals surface area contributed by atoms with Crippen LogP contribution >= 0.6 is 11.3 Å². The van der Waals surface area contributed by atoms with Gasteiger partial charge in [-0.25, -0.2) is 15.0 Å². The monoisotopic (exact) mass is 266 g/mol. The molecule has 0 bridgehead atoms. The Labute approximate surface area is 113 Å². The van der Waals surface area contributed by atoms with E-state index in [1.165, 1.54) is 4.70 Å². The Morgan fingerprint density at radius 3 is 2.79 bits per heavy atom. The summed E-state index contributed by atoms with van der Waals surface area (Å²) in [6.45, 7) is 0. The van der Waals surface area contributed by atoms with E-state index in [-0.39, 0.29) is 0 Å². The Morgan fingerprint density at radius 2 is 1.95 bits per heavy atom. The molecule has 92 valence electrons. The van der Waals surface area contributed by atoms with Gasteiger partial charge in [0.1, 0.15) is 0 Å². The molecule has 0 atom stereocenters. The van der Waals surface area contributed by atoms with E-state index in [9.17, 15) is 0 Å². The predicted molar refractivity (Wildman–Crippen MR) is 77.1 cm³/mol. The van der Waals surface area contributed by atoms with E-state index in [0.717, 1.165) is 27.5 Å². The van der Waals surface area contributed by atoms with E-state index in [4.69, 9.17) is 0 Å². The summed E-state index contributed by atoms with van der Waals surface area (Å²) in [5, 5.41) is 0.932. The molecule has 0 amide bonds. The minimum atomic E-state index is 0.763. The molecule has 1 aromatic carbocycles. The lowest BCUT2D eigenvalue weighted by molar-refractivity contribution is 0.957. The number of nitrogens with zero attached hydrogens (tertiary/aromatic N) is 4. The van der Waals surface area contributed by atoms with Crippen LogP contribution in [-0.2, 0) is 7.05 Å². The molecule has 0 unspecified atom stereocenters. The van der Waals surface area contributed by atoms with Crippen molar-refractivity contribution in [1.29, 1.82) is 0 Å². The zero-order valence-corrected chi connectivity index (χ0v) is 11.1. The molecule has 4 nitrogen and oxygen atoms in total. The Morgan fingerprint density at radius 1 is 1.05 bits per heavy atom. The Bertz CT molecular complexity index is 858. The van der Waals surface area contributed by atoms with Crippen LogP contribution in [0.25, 0.3) is 32.2 Å². The first kappa shape index (κ1) is 10.6. The molecule has 0 aliphatic rings. The molecular formula is C14H10N4S. The molecule has 0 aliphatic heterocycles. The average molecular weight is 266 g/mol. The topological polar surface area (TPSA) is 43.6 Å². The third kappa shape index (κ3) is 1.55. The van der Waals surface area contributed by atoms with Crippen molar-refractivity contribution in [3.8, 4) is 10.8 Å². The van der Waals surface area contributed by atoms with E-state index in [1.54, 1.807) is 17.5 Å². The predicted octanol–water partition coefficient (Wildman–Crippen LogP) is 3.25. The number of benzene rings is 1. The number of thiazole rings is 1. The maximum atomic E-state index is 4.65. The SMILES string of the molecule is Cn1c(-c2nc3ccccc3s2)nc2ncccc21. The van der Waals surface area contributed by atoms with Crippen LogP contribution in [-0.4, -0.2) is 19.5 Å². The number of hydrogen-bond donors (Lipinski definition) is 0. The standard InChI is InChI=1S/C14H10N4S/c1-18-10-6-4-8-15-12(10)17-13(18)14-16-9-5-2-3-7-11(9)19-14/h2-8H,1H3. The molecule has 5 heteroatoms. The number of imidazole rings is 1. The highest BCUT2D eigenvalue weighted by Gasteiger charge is 2.14. The summed E-state index contributed by atoms with van der Waals surface area (Å²) < 4.78 is 3.22. The number of pyridine rings is 1. The van der Waals surface area contributed by atoms with Crippen molar-refractivity contribution in [1.82, 2.24) is 19.5 Å². The Kier molecular flexibility index (Phi) is 2.16. The van der Waals surface area contributed by atoms with Crippen molar-refractivity contribution in [2.24, 2.45) is 7.05 Å². The third-order valence-corrected chi connectivity index (χ3v) is 4.17. The summed E-state index contributed by atoms with van der Waals surface area (Å²) in [6, 6.07) is 12.1. The van der Waals surface area contributed by atoms with E-state index < -0.39 is 0 Å². The lowest BCUT2D eigenvalue weighted by Gasteiger charge is -1.96. The van der Waals surface area contributed by atoms with Gasteiger partial charge in [0, 0.05) is 13.2 Å². The van der Waals surface area contributed by atoms with E-state index in [0.29, 0.717) is 0 Å². The minimum absolute atomic E-state index is 0.763. The van der Waals surface area contributed by atoms with Crippen molar-refractivity contribution >= 4 is 32.7 Å². The second-order valence-electron chi connectivity index (χ2n) is 4.33. The molecule has 4 rings (SSSR count). The molecule has 3 heterocycles. The maximum absolute atomic E-state index is 4.65. The van der Waals surface area contributed by atoms with Gasteiger partial charge in [-0.1, -0.05) is 12.1 Å². The number of aryl methyl sites for hydroxylation is 1. The fourth-order valence-electron chi connectivity index (χ4n) is 2.18. The largest absolute Gasteiger partial charge is 0.324 e. The van der Waals surface area contributed by atoms with Gasteiger partial charge in [0.2, 0.25) is 0 Å². The molecule has 4 aromatic rings. The summed E-state index contributed by atoms with van der Waals surface area (Å²) in [6.07, 6.45) is 1.76. The van der Waals surface area contributed by atoms with Gasteiger partial charge in [0.25, 0.3) is 0 Å². The normalized spacial score (nSPS) is 11.4. The summed E-state index contributed by atoms with van der Waals surface area (Å²) in [7, 11) is 2.00. The van der Waals surface area contributed by atoms with Crippen LogP contribution in [0.3, 0.4) is 0 Å². The van der Waals surface area contributed by atoms with Gasteiger partial charge in [-0.15, -0.1) is 11.3 Å². The van der Waals surface area contributed by atoms with Crippen LogP contribution in [0.2, 0.25) is 0 Å². The molecule has 0 spiro atoms. The van der Waals surface area contributed by atoms with Gasteiger partial charge in [-0.05, 0) is 24.3 Å². The van der Waals surface area contributed by atoms with Crippen molar-refractivity contribution < 1.29 is 0 Å². The van der Waals surface area contributed by atoms with E-state index in [2.05, 4.69) is 21.0 Å². The van der Waals surface area contributed by atoms with Gasteiger partial charge in [0.15, 0.2) is 16.5 Å². The van der Waals surface area contributed by atoms with Crippen LogP contribution in [0.15, 0.2) is 42.6 Å². The highest BCUT2D eigenvalue weighted by Crippen LogP contribution is 2.30. The van der Waals surface area contributed by atoms with Gasteiger partial charge in [-0.2, -0.15) is 0 Å². The Hall–Kier alpha value is -2.27. The number of fused-ring (bicyclic) bond motifs is 2. The summed E-state index contributed by atoms with van der Waals surface area (Å²) in [5.74, 6) is 0.870. The number of para-hydroxylation sites is 1. The number of aromatic nitrogens is 4. The first-order chi connectivity index (χ1) is 9.33. The highest BCUT2D eigenvalue weighted by molar-refractivity contribution is 7.21. The summed E-state index contributed by atoms with van der Waals surface area (Å²) in [4.78, 5) is 13.5. The van der Waals surface area contributed by atoms with Crippen LogP contribution in [0, 0.1) is 0 Å². The molecule has 0 saturated carbocycles. The lowest BCUT2D eigenvalue weighted by Crippen LogP contribution is -1.91. The molecule has 0 fully saturated rings. The number of rotatable bonds is 1. The van der Waals surface area contributed by atoms with E-state index in [1.807, 2.05) is 41.9 Å². The van der Waals surface area contributed by atoms with Crippen molar-refractivity contribution in [3.63, 3.8) is 0 Å². The van der Waals surface area contributed by atoms with Crippen molar-refractivity contribution in [2.45, 2.75) is 0 Å². The molecule has 0 aliphatic carbocycles. The smallest absolute Gasteiger partial charge is 0.178 e. The molecule has 19 heavy (non-hydrogen) atoms. The fourth-order valence-corrected chi connectivity index (χ4v) is 3.18. The second kappa shape index (κ2) is 3.86. The van der Waals surface area contributed by atoms with E-state index >= 15 is 0 Å². The van der Waals surface area contributed by atoms with Crippen LogP contribution < -0.4 is 0 Å². The third-order valence-electron chi connectivity index (χ3n) is 3.14. The fraction of sp³-hybridized carbons (Fsp3) is 0.0714. The molecule has 0 saturated heterocycles. The average Bonchev–Trinajstić information content (AvgIpc) is 3.00. The first-order valence-corrected chi connectivity index (χ1v) is 6.78. The van der Waals surface area contributed by atoms with Gasteiger partial charge < -0.3 is 4.57 Å². The highest BCUT2D eigenvalue weighted by atomic mass is 32.1. The molecule has 0 radical (unpaired) electrons. The van der Waals surface area contributed by atoms with Crippen LogP contribution in [0.1, 0.15) is 0 Å². The first-order valence-electron chi connectivity index (χ1n) is 5.96. The molecule has 0 N–H and O–H groups in total. The lowest BCUT2D eigenvalue weighted by atomic mass is 10.3. The maximum Gasteiger partial charge on any atom is 0.178 e. The molecule has 3 aromatic heterocycles. The van der Waals surface area contributed by atoms with Crippen molar-refractivity contribution in [2.75, 3.05) is 0 Å². The van der Waals surface area contributed by atoms with Gasteiger partial charge in [-0.3, -0.25) is 0 Å². The zero-order chi connectivity index (χ0) is 12.8. The van der Waals surface area contributed by atoms with Gasteiger partial charge >= 0.3 is 0 Å². The summed E-state index contributed by atoms with van der Waals surface area (Å²) in [5.41, 5.74) is 2.80. The van der Waals surface area contributed by atoms with Crippen LogP contribution in [0.5, 0.6) is 0 Å². The van der Waals surface area contributed by atoms with Crippen LogP contribution in [0.4, 0.5) is 0 Å². The zero-order valence-electron chi connectivity index (χ0n) is 10.2. The quantitative estimate of drug-likeness (QED) is 0.531. The van der Waals surface area contributed by atoms with Crippen molar-refractivity contribution in [3.05, 3.63) is 42.6 Å².